The van der Waals surface area contributed by atoms with Gasteiger partial charge in [0.1, 0.15) is 10.6 Å². The molecule has 140 valence electrons. The monoisotopic (exact) mass is 478 g/mol. The fraction of sp³-hybridized carbons (Fsp3) is 0.294. The molecular weight excluding hydrogens is 463 g/mol. The standard InChI is InChI=1S/C17H17BrCl2N2O3S/c1-25-16-5-2-12(18)10-17(16)26(23,24)22-8-6-21(7-9-22)13-3-4-14(19)15(20)11-13/h2-5,10-11H,6-9H2,1H3. The summed E-state index contributed by atoms with van der Waals surface area (Å²) in [5, 5.41) is 0.983. The van der Waals surface area contributed by atoms with E-state index in [1.807, 2.05) is 6.07 Å². The lowest BCUT2D eigenvalue weighted by molar-refractivity contribution is 0.374. The van der Waals surface area contributed by atoms with E-state index in [9.17, 15) is 8.42 Å². The number of hydrogen-bond acceptors (Lipinski definition) is 4. The molecule has 1 heterocycles. The molecule has 0 radical (unpaired) electrons. The van der Waals surface area contributed by atoms with Crippen molar-refractivity contribution in [2.75, 3.05) is 38.2 Å². The van der Waals surface area contributed by atoms with E-state index in [0.717, 1.165) is 5.69 Å². The Morgan fingerprint density at radius 3 is 2.31 bits per heavy atom. The Balaban J connectivity index is 1.79. The summed E-state index contributed by atoms with van der Waals surface area (Å²) in [5.41, 5.74) is 0.927. The van der Waals surface area contributed by atoms with Crippen LogP contribution in [0.4, 0.5) is 5.69 Å². The van der Waals surface area contributed by atoms with Gasteiger partial charge < -0.3 is 9.64 Å². The summed E-state index contributed by atoms with van der Waals surface area (Å²) < 4.78 is 33.5. The van der Waals surface area contributed by atoms with Gasteiger partial charge >= 0.3 is 0 Å². The van der Waals surface area contributed by atoms with Crippen molar-refractivity contribution in [2.24, 2.45) is 0 Å². The average molecular weight is 480 g/mol. The molecule has 2 aromatic rings. The molecule has 0 atom stereocenters. The highest BCUT2D eigenvalue weighted by Crippen LogP contribution is 2.32. The Bertz CT molecular complexity index is 916. The molecule has 1 aliphatic rings. The number of hydrogen-bond donors (Lipinski definition) is 0. The van der Waals surface area contributed by atoms with Crippen LogP contribution >= 0.6 is 39.1 Å². The smallest absolute Gasteiger partial charge is 0.246 e. The molecular formula is C17H17BrCl2N2O3S. The first-order chi connectivity index (χ1) is 12.3. The molecule has 0 aromatic heterocycles. The number of piperazine rings is 1. The van der Waals surface area contributed by atoms with Gasteiger partial charge in [-0.15, -0.1) is 0 Å². The van der Waals surface area contributed by atoms with Gasteiger partial charge in [0.05, 0.1) is 17.2 Å². The van der Waals surface area contributed by atoms with Crippen molar-refractivity contribution in [1.29, 1.82) is 0 Å². The topological polar surface area (TPSA) is 49.9 Å². The first-order valence-electron chi connectivity index (χ1n) is 7.86. The molecule has 26 heavy (non-hydrogen) atoms. The molecule has 0 spiro atoms. The lowest BCUT2D eigenvalue weighted by atomic mass is 10.2. The molecule has 0 aliphatic carbocycles. The minimum absolute atomic E-state index is 0.164. The first kappa shape index (κ1) is 19.8. The van der Waals surface area contributed by atoms with E-state index in [4.69, 9.17) is 27.9 Å². The van der Waals surface area contributed by atoms with Gasteiger partial charge in [0, 0.05) is 36.3 Å². The minimum Gasteiger partial charge on any atom is -0.495 e. The molecule has 3 rings (SSSR count). The summed E-state index contributed by atoms with van der Waals surface area (Å²) in [6, 6.07) is 10.4. The second-order valence-corrected chi connectivity index (χ2v) is 9.42. The lowest BCUT2D eigenvalue weighted by Crippen LogP contribution is -2.48. The van der Waals surface area contributed by atoms with Crippen LogP contribution in [-0.4, -0.2) is 46.0 Å². The van der Waals surface area contributed by atoms with Gasteiger partial charge in [-0.05, 0) is 36.4 Å². The van der Waals surface area contributed by atoms with Crippen LogP contribution in [-0.2, 0) is 10.0 Å². The van der Waals surface area contributed by atoms with Crippen molar-refractivity contribution in [3.05, 3.63) is 50.9 Å². The van der Waals surface area contributed by atoms with Crippen molar-refractivity contribution in [3.63, 3.8) is 0 Å². The highest BCUT2D eigenvalue weighted by molar-refractivity contribution is 9.10. The molecule has 1 fully saturated rings. The first-order valence-corrected chi connectivity index (χ1v) is 10.9. The molecule has 1 saturated heterocycles. The normalized spacial score (nSPS) is 15.9. The number of halogens is 3. The third kappa shape index (κ3) is 3.97. The molecule has 0 unspecified atom stereocenters. The predicted molar refractivity (Wildman–Crippen MR) is 108 cm³/mol. The molecule has 9 heteroatoms. The highest BCUT2D eigenvalue weighted by atomic mass is 79.9. The summed E-state index contributed by atoms with van der Waals surface area (Å²) in [7, 11) is -2.18. The van der Waals surface area contributed by atoms with Gasteiger partial charge in [-0.25, -0.2) is 8.42 Å². The molecule has 0 bridgehead atoms. The van der Waals surface area contributed by atoms with E-state index in [2.05, 4.69) is 20.8 Å². The van der Waals surface area contributed by atoms with E-state index in [1.54, 1.807) is 30.3 Å². The SMILES string of the molecule is COc1ccc(Br)cc1S(=O)(=O)N1CCN(c2ccc(Cl)c(Cl)c2)CC1. The molecule has 0 N–H and O–H groups in total. The van der Waals surface area contributed by atoms with Gasteiger partial charge in [-0.3, -0.25) is 0 Å². The Morgan fingerprint density at radius 2 is 1.69 bits per heavy atom. The summed E-state index contributed by atoms with van der Waals surface area (Å²) in [4.78, 5) is 2.25. The molecule has 5 nitrogen and oxygen atoms in total. The number of methoxy groups -OCH3 is 1. The van der Waals surface area contributed by atoms with E-state index in [0.29, 0.717) is 46.4 Å². The Labute approximate surface area is 171 Å². The Hall–Kier alpha value is -0.990. The number of anilines is 1. The molecule has 0 saturated carbocycles. The fourth-order valence-electron chi connectivity index (χ4n) is 2.86. The van der Waals surface area contributed by atoms with Crippen LogP contribution in [0.15, 0.2) is 45.8 Å². The van der Waals surface area contributed by atoms with Crippen molar-refractivity contribution in [2.45, 2.75) is 4.90 Å². The van der Waals surface area contributed by atoms with Gasteiger partial charge in [0.2, 0.25) is 10.0 Å². The van der Waals surface area contributed by atoms with Gasteiger partial charge in [-0.2, -0.15) is 4.31 Å². The van der Waals surface area contributed by atoms with Crippen LogP contribution in [0, 0.1) is 0 Å². The number of rotatable bonds is 4. The lowest BCUT2D eigenvalue weighted by Gasteiger charge is -2.35. The quantitative estimate of drug-likeness (QED) is 0.656. The van der Waals surface area contributed by atoms with Crippen LogP contribution in [0.2, 0.25) is 10.0 Å². The maximum Gasteiger partial charge on any atom is 0.246 e. The molecule has 2 aromatic carbocycles. The van der Waals surface area contributed by atoms with Gasteiger partial charge in [0.15, 0.2) is 0 Å². The van der Waals surface area contributed by atoms with Crippen LogP contribution in [0.5, 0.6) is 5.75 Å². The third-order valence-corrected chi connectivity index (χ3v) is 7.40. The van der Waals surface area contributed by atoms with Crippen molar-refractivity contribution in [3.8, 4) is 5.75 Å². The summed E-state index contributed by atoms with van der Waals surface area (Å²) in [6.07, 6.45) is 0. The highest BCUT2D eigenvalue weighted by Gasteiger charge is 2.31. The summed E-state index contributed by atoms with van der Waals surface area (Å²) in [5.74, 6) is 0.333. The van der Waals surface area contributed by atoms with Crippen LogP contribution in [0.25, 0.3) is 0 Å². The largest absolute Gasteiger partial charge is 0.495 e. The fourth-order valence-corrected chi connectivity index (χ4v) is 5.27. The van der Waals surface area contributed by atoms with Crippen LogP contribution in [0.1, 0.15) is 0 Å². The summed E-state index contributed by atoms with van der Waals surface area (Å²) in [6.45, 7) is 1.87. The predicted octanol–water partition coefficient (Wildman–Crippen LogP) is 4.28. The van der Waals surface area contributed by atoms with Gasteiger partial charge in [-0.1, -0.05) is 39.1 Å². The number of nitrogens with zero attached hydrogens (tertiary/aromatic N) is 2. The van der Waals surface area contributed by atoms with Crippen molar-refractivity contribution in [1.82, 2.24) is 4.31 Å². The zero-order valence-corrected chi connectivity index (χ0v) is 17.9. The maximum atomic E-state index is 13.0. The van der Waals surface area contributed by atoms with Crippen molar-refractivity contribution < 1.29 is 13.2 Å². The molecule has 0 amide bonds. The van der Waals surface area contributed by atoms with Crippen molar-refractivity contribution >= 4 is 54.8 Å². The second kappa shape index (κ2) is 7.94. The van der Waals surface area contributed by atoms with E-state index < -0.39 is 10.0 Å². The van der Waals surface area contributed by atoms with Crippen LogP contribution < -0.4 is 9.64 Å². The maximum absolute atomic E-state index is 13.0. The summed E-state index contributed by atoms with van der Waals surface area (Å²) >= 11 is 15.4. The minimum atomic E-state index is -3.64. The Kier molecular flexibility index (Phi) is 6.04. The van der Waals surface area contributed by atoms with E-state index in [-0.39, 0.29) is 4.90 Å². The Morgan fingerprint density at radius 1 is 1.00 bits per heavy atom. The zero-order valence-electron chi connectivity index (χ0n) is 14.0. The van der Waals surface area contributed by atoms with E-state index in [1.165, 1.54) is 11.4 Å². The zero-order chi connectivity index (χ0) is 18.9. The average Bonchev–Trinajstić information content (AvgIpc) is 2.64. The van der Waals surface area contributed by atoms with Crippen LogP contribution in [0.3, 0.4) is 0 Å². The number of benzene rings is 2. The second-order valence-electron chi connectivity index (χ2n) is 5.78. The van der Waals surface area contributed by atoms with E-state index >= 15 is 0 Å². The number of sulfonamides is 1. The number of ether oxygens (including phenoxy) is 1. The van der Waals surface area contributed by atoms with Gasteiger partial charge in [0.25, 0.3) is 0 Å². The third-order valence-electron chi connectivity index (χ3n) is 4.25. The molecule has 1 aliphatic heterocycles.